The summed E-state index contributed by atoms with van der Waals surface area (Å²) >= 11 is 1.68. The molecule has 0 saturated carbocycles. The average Bonchev–Trinajstić information content (AvgIpc) is 3.37. The average molecular weight is 515 g/mol. The zero-order chi connectivity index (χ0) is 27.1. The molecule has 0 N–H and O–H groups in total. The molecule has 0 saturated heterocycles. The predicted molar refractivity (Wildman–Crippen MR) is 163 cm³/mol. The number of hydrogen-bond acceptors (Lipinski definition) is 3. The van der Waals surface area contributed by atoms with Crippen LogP contribution in [0, 0.1) is 16.7 Å². The zero-order valence-corrected chi connectivity index (χ0v) is 23.9. The lowest BCUT2D eigenvalue weighted by Gasteiger charge is -2.22. The van der Waals surface area contributed by atoms with Gasteiger partial charge in [-0.1, -0.05) is 90.1 Å². The van der Waals surface area contributed by atoms with E-state index in [2.05, 4.69) is 126 Å². The molecule has 0 fully saturated rings. The molecule has 0 aliphatic heterocycles. The second-order valence-electron chi connectivity index (χ2n) is 12.4. The van der Waals surface area contributed by atoms with Crippen molar-refractivity contribution in [2.24, 2.45) is 5.41 Å². The van der Waals surface area contributed by atoms with Crippen molar-refractivity contribution in [1.29, 1.82) is 5.26 Å². The summed E-state index contributed by atoms with van der Waals surface area (Å²) in [4.78, 5) is 5.80. The fraction of sp³-hybridized carbons (Fsp3) is 0.257. The number of rotatable bonds is 4. The number of hydrogen-bond donors (Lipinski definition) is 0. The van der Waals surface area contributed by atoms with Crippen LogP contribution in [-0.2, 0) is 11.8 Å². The minimum Gasteiger partial charge on any atom is -0.255 e. The van der Waals surface area contributed by atoms with E-state index in [0.29, 0.717) is 5.56 Å². The van der Waals surface area contributed by atoms with Crippen LogP contribution in [-0.4, -0.2) is 4.98 Å². The highest BCUT2D eigenvalue weighted by Gasteiger charge is 2.19. The molecule has 2 heterocycles. The van der Waals surface area contributed by atoms with Crippen molar-refractivity contribution < 1.29 is 0 Å². The molecule has 0 radical (unpaired) electrons. The number of aromatic nitrogens is 1. The Hall–Kier alpha value is -3.74. The van der Waals surface area contributed by atoms with Crippen molar-refractivity contribution in [3.63, 3.8) is 0 Å². The zero-order valence-electron chi connectivity index (χ0n) is 23.1. The topological polar surface area (TPSA) is 36.7 Å². The van der Waals surface area contributed by atoms with E-state index in [4.69, 9.17) is 4.98 Å². The molecule has 3 heteroatoms. The third-order valence-electron chi connectivity index (χ3n) is 6.88. The second kappa shape index (κ2) is 9.86. The summed E-state index contributed by atoms with van der Waals surface area (Å²) in [5.41, 5.74) is 8.78. The molecular formula is C35H34N2S. The maximum Gasteiger partial charge on any atom is 0.101 e. The van der Waals surface area contributed by atoms with Crippen LogP contribution in [0.1, 0.15) is 58.2 Å². The highest BCUT2D eigenvalue weighted by atomic mass is 32.1. The van der Waals surface area contributed by atoms with Gasteiger partial charge in [0.1, 0.15) is 6.07 Å². The van der Waals surface area contributed by atoms with Gasteiger partial charge in [-0.2, -0.15) is 5.26 Å². The number of pyridine rings is 1. The Bertz CT molecular complexity index is 1650. The Kier molecular flexibility index (Phi) is 6.72. The fourth-order valence-electron chi connectivity index (χ4n) is 5.04. The molecule has 0 atom stereocenters. The maximum atomic E-state index is 9.90. The van der Waals surface area contributed by atoms with Crippen molar-refractivity contribution in [2.45, 2.75) is 53.4 Å². The first-order valence-electron chi connectivity index (χ1n) is 13.1. The van der Waals surface area contributed by atoms with Gasteiger partial charge in [0.25, 0.3) is 0 Å². The summed E-state index contributed by atoms with van der Waals surface area (Å²) in [7, 11) is 0. The number of nitriles is 1. The molecular weight excluding hydrogens is 480 g/mol. The van der Waals surface area contributed by atoms with Crippen molar-refractivity contribution >= 4 is 22.1 Å². The minimum atomic E-state index is -0.00385. The van der Waals surface area contributed by atoms with Crippen molar-refractivity contribution in [1.82, 2.24) is 4.98 Å². The van der Waals surface area contributed by atoms with E-state index in [1.807, 2.05) is 0 Å². The van der Waals surface area contributed by atoms with Gasteiger partial charge in [-0.05, 0) is 79.9 Å². The Labute approximate surface area is 230 Å². The van der Waals surface area contributed by atoms with Gasteiger partial charge in [0.15, 0.2) is 0 Å². The van der Waals surface area contributed by atoms with Crippen LogP contribution >= 0.6 is 11.3 Å². The highest BCUT2D eigenvalue weighted by molar-refractivity contribution is 7.14. The summed E-state index contributed by atoms with van der Waals surface area (Å²) < 4.78 is 0. The van der Waals surface area contributed by atoms with Crippen molar-refractivity contribution in [3.8, 4) is 38.9 Å². The van der Waals surface area contributed by atoms with Crippen LogP contribution in [0.4, 0.5) is 0 Å². The molecule has 2 nitrogen and oxygen atoms in total. The van der Waals surface area contributed by atoms with E-state index in [-0.39, 0.29) is 10.8 Å². The molecule has 0 amide bonds. The Morgan fingerprint density at radius 2 is 1.55 bits per heavy atom. The van der Waals surface area contributed by atoms with Crippen LogP contribution < -0.4 is 0 Å². The minimum absolute atomic E-state index is 0.00385. The first-order chi connectivity index (χ1) is 18.0. The van der Waals surface area contributed by atoms with Crippen LogP contribution in [0.15, 0.2) is 84.4 Å². The molecule has 0 aliphatic rings. The van der Waals surface area contributed by atoms with E-state index in [9.17, 15) is 5.26 Å². The predicted octanol–water partition coefficient (Wildman–Crippen LogP) is 10.1. The van der Waals surface area contributed by atoms with Gasteiger partial charge in [0.05, 0.1) is 11.3 Å². The highest BCUT2D eigenvalue weighted by Crippen LogP contribution is 2.38. The lowest BCUT2D eigenvalue weighted by molar-refractivity contribution is 0.411. The SMILES string of the molecule is CC(C)(C)Cc1ccc(-c2csc(-c3cc(-c4cc(C(C)(C)C)c5ccccc5c4)ncc3C#N)c2)cc1. The van der Waals surface area contributed by atoms with E-state index in [1.165, 1.54) is 33.0 Å². The molecule has 5 rings (SSSR count). The lowest BCUT2D eigenvalue weighted by atomic mass is 9.82. The standard InChI is InChI=1S/C35H34N2S/c1-34(2,3)19-23-11-13-24(14-12-23)27-17-33(38-22-27)30-18-32(37-21-28(30)20-36)26-15-25-9-7-8-10-29(25)31(16-26)35(4,5)6/h7-18,21-22H,19H2,1-6H3. The van der Waals surface area contributed by atoms with Gasteiger partial charge in [-0.25, -0.2) is 0 Å². The van der Waals surface area contributed by atoms with Crippen LogP contribution in [0.2, 0.25) is 0 Å². The molecule has 0 unspecified atom stereocenters. The van der Waals surface area contributed by atoms with E-state index >= 15 is 0 Å². The molecule has 0 aliphatic carbocycles. The van der Waals surface area contributed by atoms with Gasteiger partial charge in [-0.3, -0.25) is 4.98 Å². The molecule has 3 aromatic carbocycles. The van der Waals surface area contributed by atoms with E-state index < -0.39 is 0 Å². The van der Waals surface area contributed by atoms with Crippen LogP contribution in [0.25, 0.3) is 43.6 Å². The van der Waals surface area contributed by atoms with Crippen LogP contribution in [0.5, 0.6) is 0 Å². The third kappa shape index (κ3) is 5.42. The molecule has 0 bridgehead atoms. The number of thiophene rings is 1. The Morgan fingerprint density at radius 1 is 0.816 bits per heavy atom. The Morgan fingerprint density at radius 3 is 2.24 bits per heavy atom. The van der Waals surface area contributed by atoms with E-state index in [0.717, 1.165) is 28.1 Å². The largest absolute Gasteiger partial charge is 0.255 e. The molecule has 5 aromatic rings. The van der Waals surface area contributed by atoms with E-state index in [1.54, 1.807) is 17.5 Å². The lowest BCUT2D eigenvalue weighted by Crippen LogP contribution is -2.12. The van der Waals surface area contributed by atoms with Crippen molar-refractivity contribution in [3.05, 3.63) is 101 Å². The number of fused-ring (bicyclic) bond motifs is 1. The summed E-state index contributed by atoms with van der Waals surface area (Å²) in [6.07, 6.45) is 2.77. The van der Waals surface area contributed by atoms with Crippen LogP contribution in [0.3, 0.4) is 0 Å². The third-order valence-corrected chi connectivity index (χ3v) is 7.84. The van der Waals surface area contributed by atoms with Gasteiger partial charge < -0.3 is 0 Å². The smallest absolute Gasteiger partial charge is 0.101 e. The fourth-order valence-corrected chi connectivity index (χ4v) is 5.99. The maximum absolute atomic E-state index is 9.90. The summed E-state index contributed by atoms with van der Waals surface area (Å²) in [5, 5.41) is 14.6. The first-order valence-corrected chi connectivity index (χ1v) is 14.0. The first kappa shape index (κ1) is 25.9. The Balaban J connectivity index is 1.54. The number of nitrogens with zero attached hydrogens (tertiary/aromatic N) is 2. The molecule has 2 aromatic heterocycles. The quantitative estimate of drug-likeness (QED) is 0.239. The normalized spacial score (nSPS) is 12.0. The van der Waals surface area contributed by atoms with Gasteiger partial charge in [-0.15, -0.1) is 11.3 Å². The second-order valence-corrected chi connectivity index (χ2v) is 13.3. The molecule has 190 valence electrons. The van der Waals surface area contributed by atoms with Gasteiger partial charge in [0, 0.05) is 22.2 Å². The number of benzene rings is 3. The molecule has 38 heavy (non-hydrogen) atoms. The van der Waals surface area contributed by atoms with Gasteiger partial charge >= 0.3 is 0 Å². The summed E-state index contributed by atoms with van der Waals surface area (Å²) in [6.45, 7) is 13.5. The summed E-state index contributed by atoms with van der Waals surface area (Å²) in [6, 6.07) is 28.5. The summed E-state index contributed by atoms with van der Waals surface area (Å²) in [5.74, 6) is 0. The monoisotopic (exact) mass is 514 g/mol. The molecule has 0 spiro atoms. The van der Waals surface area contributed by atoms with Crippen molar-refractivity contribution in [2.75, 3.05) is 0 Å². The van der Waals surface area contributed by atoms with Gasteiger partial charge in [0.2, 0.25) is 0 Å².